The van der Waals surface area contributed by atoms with E-state index in [2.05, 4.69) is 0 Å². The summed E-state index contributed by atoms with van der Waals surface area (Å²) in [4.78, 5) is 10.7. The zero-order valence-corrected chi connectivity index (χ0v) is 10.4. The van der Waals surface area contributed by atoms with E-state index in [4.69, 9.17) is 4.74 Å². The molecule has 1 aromatic rings. The number of carbonyl (C=O) groups excluding carboxylic acids is 1. The fourth-order valence-electron chi connectivity index (χ4n) is 1.67. The number of hydrogen-bond donors (Lipinski definition) is 1. The van der Waals surface area contributed by atoms with Crippen LogP contribution in [0, 0.1) is 5.92 Å². The van der Waals surface area contributed by atoms with Crippen molar-refractivity contribution in [3.05, 3.63) is 35.9 Å². The molecule has 1 rings (SSSR count). The third kappa shape index (κ3) is 4.29. The molecule has 0 aliphatic rings. The zero-order valence-electron chi connectivity index (χ0n) is 10.4. The lowest BCUT2D eigenvalue weighted by molar-refractivity contribution is -0.120. The van der Waals surface area contributed by atoms with Gasteiger partial charge in [0.05, 0.1) is 18.8 Å². The number of ether oxygens (including phenoxy) is 1. The van der Waals surface area contributed by atoms with Crippen LogP contribution in [0.2, 0.25) is 0 Å². The highest BCUT2D eigenvalue weighted by Crippen LogP contribution is 2.13. The molecule has 1 aromatic carbocycles. The molecular formula is C14H20O3. The molecule has 94 valence electrons. The predicted molar refractivity (Wildman–Crippen MR) is 66.5 cm³/mol. The monoisotopic (exact) mass is 236 g/mol. The first kappa shape index (κ1) is 13.9. The van der Waals surface area contributed by atoms with Crippen LogP contribution in [0.4, 0.5) is 0 Å². The van der Waals surface area contributed by atoms with E-state index in [9.17, 15) is 9.90 Å². The summed E-state index contributed by atoms with van der Waals surface area (Å²) < 4.78 is 5.57. The van der Waals surface area contributed by atoms with Gasteiger partial charge in [-0.25, -0.2) is 0 Å². The molecule has 3 atom stereocenters. The van der Waals surface area contributed by atoms with Crippen molar-refractivity contribution in [1.29, 1.82) is 0 Å². The van der Waals surface area contributed by atoms with Crippen LogP contribution in [0.5, 0.6) is 0 Å². The van der Waals surface area contributed by atoms with Gasteiger partial charge in [-0.05, 0) is 18.9 Å². The van der Waals surface area contributed by atoms with Crippen molar-refractivity contribution in [2.45, 2.75) is 39.1 Å². The van der Waals surface area contributed by atoms with Gasteiger partial charge in [-0.1, -0.05) is 37.3 Å². The van der Waals surface area contributed by atoms with Crippen LogP contribution < -0.4 is 0 Å². The Morgan fingerprint density at radius 3 is 2.53 bits per heavy atom. The largest absolute Gasteiger partial charge is 0.390 e. The normalized spacial score (nSPS) is 16.2. The van der Waals surface area contributed by atoms with Crippen molar-refractivity contribution in [3.63, 3.8) is 0 Å². The number of rotatable bonds is 7. The number of carbonyl (C=O) groups is 1. The predicted octanol–water partition coefficient (Wildman–Crippen LogP) is 2.18. The maximum atomic E-state index is 10.7. The molecule has 17 heavy (non-hydrogen) atoms. The molecule has 0 saturated carbocycles. The van der Waals surface area contributed by atoms with Gasteiger partial charge in [-0.15, -0.1) is 0 Å². The minimum atomic E-state index is -0.735. The van der Waals surface area contributed by atoms with Crippen molar-refractivity contribution >= 4 is 6.29 Å². The average Bonchev–Trinajstić information content (AvgIpc) is 2.38. The Hall–Kier alpha value is -1.19. The molecule has 0 fully saturated rings. The second kappa shape index (κ2) is 7.20. The molecule has 0 amide bonds. The number of aliphatic hydroxyl groups excluding tert-OH is 1. The van der Waals surface area contributed by atoms with Crippen LogP contribution in [0.3, 0.4) is 0 Å². The van der Waals surface area contributed by atoms with Gasteiger partial charge in [0.15, 0.2) is 0 Å². The van der Waals surface area contributed by atoms with Crippen LogP contribution in [0.15, 0.2) is 30.3 Å². The SMILES string of the molecule is CCC(C=O)[C@@H](O)[C@@H](C)OCc1ccccc1. The molecule has 0 aliphatic heterocycles. The summed E-state index contributed by atoms with van der Waals surface area (Å²) in [6.07, 6.45) is 0.350. The number of hydrogen-bond acceptors (Lipinski definition) is 3. The number of benzene rings is 1. The second-order valence-corrected chi connectivity index (χ2v) is 4.20. The van der Waals surface area contributed by atoms with E-state index >= 15 is 0 Å². The Labute approximate surface area is 102 Å². The molecule has 1 N–H and O–H groups in total. The Bertz CT molecular complexity index is 323. The molecule has 0 heterocycles. The van der Waals surface area contributed by atoms with Crippen LogP contribution in [-0.2, 0) is 16.1 Å². The summed E-state index contributed by atoms with van der Waals surface area (Å²) in [6, 6.07) is 9.77. The van der Waals surface area contributed by atoms with E-state index in [1.54, 1.807) is 6.92 Å². The van der Waals surface area contributed by atoms with Gasteiger partial charge in [0.2, 0.25) is 0 Å². The highest BCUT2D eigenvalue weighted by molar-refractivity contribution is 5.54. The van der Waals surface area contributed by atoms with Crippen LogP contribution in [-0.4, -0.2) is 23.6 Å². The average molecular weight is 236 g/mol. The van der Waals surface area contributed by atoms with Gasteiger partial charge in [-0.3, -0.25) is 0 Å². The highest BCUT2D eigenvalue weighted by atomic mass is 16.5. The molecule has 3 heteroatoms. The van der Waals surface area contributed by atoms with Gasteiger partial charge < -0.3 is 14.6 Å². The van der Waals surface area contributed by atoms with Crippen molar-refractivity contribution < 1.29 is 14.6 Å². The first-order valence-corrected chi connectivity index (χ1v) is 5.98. The Morgan fingerprint density at radius 2 is 2.00 bits per heavy atom. The van der Waals surface area contributed by atoms with E-state index in [-0.39, 0.29) is 12.0 Å². The third-order valence-corrected chi connectivity index (χ3v) is 2.92. The van der Waals surface area contributed by atoms with Gasteiger partial charge in [0.1, 0.15) is 6.29 Å². The summed E-state index contributed by atoms with van der Waals surface area (Å²) in [5.41, 5.74) is 1.06. The summed E-state index contributed by atoms with van der Waals surface area (Å²) in [5, 5.41) is 9.90. The Balaban J connectivity index is 2.44. The Morgan fingerprint density at radius 1 is 1.35 bits per heavy atom. The molecule has 3 nitrogen and oxygen atoms in total. The van der Waals surface area contributed by atoms with E-state index in [1.807, 2.05) is 37.3 Å². The van der Waals surface area contributed by atoms with E-state index < -0.39 is 6.10 Å². The molecule has 0 aliphatic carbocycles. The first-order valence-electron chi connectivity index (χ1n) is 5.98. The van der Waals surface area contributed by atoms with Gasteiger partial charge in [-0.2, -0.15) is 0 Å². The third-order valence-electron chi connectivity index (χ3n) is 2.92. The molecule has 0 spiro atoms. The topological polar surface area (TPSA) is 46.5 Å². The van der Waals surface area contributed by atoms with E-state index in [0.717, 1.165) is 11.8 Å². The molecule has 0 radical (unpaired) electrons. The zero-order chi connectivity index (χ0) is 12.7. The quantitative estimate of drug-likeness (QED) is 0.738. The number of aliphatic hydroxyl groups is 1. The minimum Gasteiger partial charge on any atom is -0.390 e. The smallest absolute Gasteiger partial charge is 0.125 e. The standard InChI is InChI=1S/C14H20O3/c1-3-13(9-15)14(16)11(2)17-10-12-7-5-4-6-8-12/h4-9,11,13-14,16H,3,10H2,1-2H3/t11-,13?,14+/m1/s1. The second-order valence-electron chi connectivity index (χ2n) is 4.20. The molecule has 0 aromatic heterocycles. The molecule has 0 bridgehead atoms. The maximum absolute atomic E-state index is 10.7. The van der Waals surface area contributed by atoms with Crippen molar-refractivity contribution in [2.24, 2.45) is 5.92 Å². The molecular weight excluding hydrogens is 216 g/mol. The van der Waals surface area contributed by atoms with E-state index in [1.165, 1.54) is 0 Å². The van der Waals surface area contributed by atoms with Crippen molar-refractivity contribution in [1.82, 2.24) is 0 Å². The van der Waals surface area contributed by atoms with Crippen LogP contribution in [0.25, 0.3) is 0 Å². The minimum absolute atomic E-state index is 0.342. The Kier molecular flexibility index (Phi) is 5.87. The fourth-order valence-corrected chi connectivity index (χ4v) is 1.67. The lowest BCUT2D eigenvalue weighted by Gasteiger charge is -2.23. The first-order chi connectivity index (χ1) is 8.19. The van der Waals surface area contributed by atoms with Gasteiger partial charge in [0.25, 0.3) is 0 Å². The summed E-state index contributed by atoms with van der Waals surface area (Å²) in [7, 11) is 0. The summed E-state index contributed by atoms with van der Waals surface area (Å²) in [5.74, 6) is -0.347. The van der Waals surface area contributed by atoms with Gasteiger partial charge in [0, 0.05) is 5.92 Å². The van der Waals surface area contributed by atoms with Crippen molar-refractivity contribution in [3.8, 4) is 0 Å². The maximum Gasteiger partial charge on any atom is 0.125 e. The lowest BCUT2D eigenvalue weighted by atomic mass is 9.97. The molecule has 1 unspecified atom stereocenters. The summed E-state index contributed by atoms with van der Waals surface area (Å²) >= 11 is 0. The van der Waals surface area contributed by atoms with E-state index in [0.29, 0.717) is 13.0 Å². The summed E-state index contributed by atoms with van der Waals surface area (Å²) in [6.45, 7) is 4.13. The highest BCUT2D eigenvalue weighted by Gasteiger charge is 2.23. The molecule has 0 saturated heterocycles. The lowest BCUT2D eigenvalue weighted by Crippen LogP contribution is -2.34. The van der Waals surface area contributed by atoms with Crippen LogP contribution in [0.1, 0.15) is 25.8 Å². The fraction of sp³-hybridized carbons (Fsp3) is 0.500. The van der Waals surface area contributed by atoms with Crippen molar-refractivity contribution in [2.75, 3.05) is 0 Å². The number of aldehydes is 1. The van der Waals surface area contributed by atoms with Gasteiger partial charge >= 0.3 is 0 Å². The van der Waals surface area contributed by atoms with Crippen LogP contribution >= 0.6 is 0 Å².